The number of Topliss-reactive ketones (excluding diaryl/α,β-unsaturated/α-hetero) is 1. The van der Waals surface area contributed by atoms with Crippen molar-refractivity contribution in [2.24, 2.45) is 5.41 Å². The van der Waals surface area contributed by atoms with Crippen LogP contribution >= 0.6 is 23.4 Å². The Morgan fingerprint density at radius 1 is 1.13 bits per heavy atom. The van der Waals surface area contributed by atoms with Gasteiger partial charge in [-0.2, -0.15) is 4.98 Å². The number of carbonyl (C=O) groups is 1. The van der Waals surface area contributed by atoms with E-state index in [2.05, 4.69) is 26.1 Å². The molecule has 1 atom stereocenters. The maximum absolute atomic E-state index is 13.6. The van der Waals surface area contributed by atoms with Crippen molar-refractivity contribution in [1.29, 1.82) is 0 Å². The highest BCUT2D eigenvalue weighted by atomic mass is 35.5. The van der Waals surface area contributed by atoms with Crippen molar-refractivity contribution in [2.45, 2.75) is 63.9 Å². The summed E-state index contributed by atoms with van der Waals surface area (Å²) in [4.78, 5) is 18.4. The monoisotopic (exact) mass is 552 g/mol. The van der Waals surface area contributed by atoms with E-state index < -0.39 is 6.04 Å². The fourth-order valence-electron chi connectivity index (χ4n) is 5.01. The van der Waals surface area contributed by atoms with Crippen LogP contribution in [0.3, 0.4) is 0 Å². The third-order valence-electron chi connectivity index (χ3n) is 6.67. The van der Waals surface area contributed by atoms with Crippen LogP contribution in [0.25, 0.3) is 0 Å². The summed E-state index contributed by atoms with van der Waals surface area (Å²) in [6, 6.07) is 13.3. The molecule has 0 amide bonds. The summed E-state index contributed by atoms with van der Waals surface area (Å²) in [5, 5.41) is 9.66. The van der Waals surface area contributed by atoms with Gasteiger partial charge < -0.3 is 14.8 Å². The SMILES string of the molecule is CCCOc1ccc(C2C3=C(CC(C)(C)CC3=O)Nc3nc(SCc4ccccc4Cl)nn32)cc1OCC. The topological polar surface area (TPSA) is 78.3 Å². The molecule has 1 aliphatic heterocycles. The summed E-state index contributed by atoms with van der Waals surface area (Å²) < 4.78 is 13.7. The van der Waals surface area contributed by atoms with Crippen molar-refractivity contribution < 1.29 is 14.3 Å². The van der Waals surface area contributed by atoms with Crippen LogP contribution in [0.1, 0.15) is 64.1 Å². The smallest absolute Gasteiger partial charge is 0.227 e. The maximum Gasteiger partial charge on any atom is 0.227 e. The number of hydrogen-bond acceptors (Lipinski definition) is 7. The van der Waals surface area contributed by atoms with Crippen LogP contribution < -0.4 is 14.8 Å². The van der Waals surface area contributed by atoms with E-state index >= 15 is 0 Å². The zero-order valence-corrected chi connectivity index (χ0v) is 23.8. The molecule has 200 valence electrons. The Balaban J connectivity index is 1.55. The summed E-state index contributed by atoms with van der Waals surface area (Å²) in [6.45, 7) is 9.39. The number of nitrogens with zero attached hydrogens (tertiary/aromatic N) is 3. The van der Waals surface area contributed by atoms with Gasteiger partial charge in [0.05, 0.1) is 13.2 Å². The minimum atomic E-state index is -0.411. The average molecular weight is 553 g/mol. The minimum absolute atomic E-state index is 0.129. The van der Waals surface area contributed by atoms with E-state index in [-0.39, 0.29) is 11.2 Å². The van der Waals surface area contributed by atoms with Crippen LogP contribution in [0.2, 0.25) is 5.02 Å². The highest BCUT2D eigenvalue weighted by Gasteiger charge is 2.42. The first-order valence-electron chi connectivity index (χ1n) is 13.0. The number of rotatable bonds is 9. The molecule has 9 heteroatoms. The second-order valence-electron chi connectivity index (χ2n) is 10.4. The molecule has 2 heterocycles. The number of anilines is 1. The number of benzene rings is 2. The molecule has 0 saturated heterocycles. The number of ether oxygens (including phenoxy) is 2. The Kier molecular flexibility index (Phi) is 7.73. The summed E-state index contributed by atoms with van der Waals surface area (Å²) in [6.07, 6.45) is 2.15. The molecule has 0 spiro atoms. The summed E-state index contributed by atoms with van der Waals surface area (Å²) >= 11 is 7.89. The number of halogens is 1. The highest BCUT2D eigenvalue weighted by molar-refractivity contribution is 7.98. The zero-order valence-electron chi connectivity index (χ0n) is 22.2. The van der Waals surface area contributed by atoms with Crippen molar-refractivity contribution in [2.75, 3.05) is 18.5 Å². The Morgan fingerprint density at radius 3 is 2.71 bits per heavy atom. The number of allylic oxidation sites excluding steroid dienone is 2. The van der Waals surface area contributed by atoms with Crippen LogP contribution in [-0.2, 0) is 10.5 Å². The van der Waals surface area contributed by atoms with Gasteiger partial charge in [0.2, 0.25) is 11.1 Å². The molecule has 1 aromatic heterocycles. The first kappa shape index (κ1) is 26.6. The molecule has 0 bridgehead atoms. The van der Waals surface area contributed by atoms with Gasteiger partial charge in [0.15, 0.2) is 17.3 Å². The predicted octanol–water partition coefficient (Wildman–Crippen LogP) is 7.07. The Morgan fingerprint density at radius 2 is 1.95 bits per heavy atom. The lowest BCUT2D eigenvalue weighted by Crippen LogP contribution is -2.36. The fourth-order valence-corrected chi connectivity index (χ4v) is 6.13. The van der Waals surface area contributed by atoms with E-state index in [0.29, 0.717) is 48.0 Å². The molecule has 5 rings (SSSR count). The van der Waals surface area contributed by atoms with Gasteiger partial charge in [-0.05, 0) is 54.5 Å². The molecular formula is C29H33ClN4O3S. The van der Waals surface area contributed by atoms with Gasteiger partial charge >= 0.3 is 0 Å². The summed E-state index contributed by atoms with van der Waals surface area (Å²) in [5.41, 5.74) is 3.46. The first-order valence-corrected chi connectivity index (χ1v) is 14.4. The molecule has 1 N–H and O–H groups in total. The van der Waals surface area contributed by atoms with Crippen LogP contribution in [0.15, 0.2) is 58.9 Å². The Bertz CT molecular complexity index is 1380. The van der Waals surface area contributed by atoms with E-state index in [1.807, 2.05) is 54.1 Å². The molecule has 3 aromatic rings. The summed E-state index contributed by atoms with van der Waals surface area (Å²) in [5.74, 6) is 2.77. The number of carbonyl (C=O) groups excluding carboxylic acids is 1. The van der Waals surface area contributed by atoms with Gasteiger partial charge in [-0.3, -0.25) is 4.79 Å². The number of nitrogens with one attached hydrogen (secondary N) is 1. The van der Waals surface area contributed by atoms with Crippen molar-refractivity contribution in [3.05, 3.63) is 69.9 Å². The van der Waals surface area contributed by atoms with Crippen LogP contribution in [0.5, 0.6) is 11.5 Å². The van der Waals surface area contributed by atoms with Gasteiger partial charge in [-0.15, -0.1) is 5.10 Å². The lowest BCUT2D eigenvalue weighted by molar-refractivity contribution is -0.118. The lowest BCUT2D eigenvalue weighted by atomic mass is 9.73. The van der Waals surface area contributed by atoms with E-state index in [1.54, 1.807) is 0 Å². The minimum Gasteiger partial charge on any atom is -0.490 e. The molecule has 1 unspecified atom stereocenters. The third-order valence-corrected chi connectivity index (χ3v) is 7.93. The number of thioether (sulfide) groups is 1. The summed E-state index contributed by atoms with van der Waals surface area (Å²) in [7, 11) is 0. The standard InChI is InChI=1S/C29H33ClN4O3S/c1-5-13-37-23-12-11-18(14-24(23)36-6-2)26-25-21(15-29(3,4)16-22(25)35)31-27-32-28(33-34(26)27)38-17-19-9-7-8-10-20(19)30/h7-12,14,26H,5-6,13,15-17H2,1-4H3,(H,31,32,33). The Hall–Kier alpha value is -2.97. The van der Waals surface area contributed by atoms with E-state index in [0.717, 1.165) is 40.3 Å². The molecule has 7 nitrogen and oxygen atoms in total. The highest BCUT2D eigenvalue weighted by Crippen LogP contribution is 2.46. The second-order valence-corrected chi connectivity index (χ2v) is 11.7. The normalized spacial score (nSPS) is 18.0. The maximum atomic E-state index is 13.6. The fraction of sp³-hybridized carbons (Fsp3) is 0.414. The van der Waals surface area contributed by atoms with Crippen molar-refractivity contribution in [1.82, 2.24) is 14.8 Å². The van der Waals surface area contributed by atoms with E-state index in [9.17, 15) is 4.79 Å². The van der Waals surface area contributed by atoms with Gasteiger partial charge in [0.1, 0.15) is 6.04 Å². The number of fused-ring (bicyclic) bond motifs is 1. The quantitative estimate of drug-likeness (QED) is 0.284. The Labute approximate surface area is 233 Å². The molecule has 2 aliphatic rings. The van der Waals surface area contributed by atoms with E-state index in [4.69, 9.17) is 31.2 Å². The van der Waals surface area contributed by atoms with Crippen LogP contribution in [0, 0.1) is 5.41 Å². The van der Waals surface area contributed by atoms with Gasteiger partial charge in [-0.25, -0.2) is 4.68 Å². The molecular weight excluding hydrogens is 520 g/mol. The predicted molar refractivity (Wildman–Crippen MR) is 151 cm³/mol. The molecule has 1 aliphatic carbocycles. The number of hydrogen-bond donors (Lipinski definition) is 1. The molecule has 38 heavy (non-hydrogen) atoms. The van der Waals surface area contributed by atoms with E-state index in [1.165, 1.54) is 11.8 Å². The molecule has 2 aromatic carbocycles. The number of aromatic nitrogens is 3. The van der Waals surface area contributed by atoms with Crippen molar-refractivity contribution in [3.63, 3.8) is 0 Å². The largest absolute Gasteiger partial charge is 0.490 e. The third kappa shape index (κ3) is 5.43. The van der Waals surface area contributed by atoms with Gasteiger partial charge in [-0.1, -0.05) is 68.4 Å². The lowest BCUT2D eigenvalue weighted by Gasteiger charge is -2.38. The van der Waals surface area contributed by atoms with Crippen molar-refractivity contribution >= 4 is 35.1 Å². The zero-order chi connectivity index (χ0) is 26.9. The van der Waals surface area contributed by atoms with Gasteiger partial charge in [0, 0.05) is 28.5 Å². The van der Waals surface area contributed by atoms with Crippen LogP contribution in [-0.4, -0.2) is 33.8 Å². The number of ketones is 1. The molecule has 0 saturated carbocycles. The van der Waals surface area contributed by atoms with Gasteiger partial charge in [0.25, 0.3) is 0 Å². The second kappa shape index (κ2) is 11.0. The molecule has 0 fully saturated rings. The van der Waals surface area contributed by atoms with Crippen molar-refractivity contribution in [3.8, 4) is 11.5 Å². The van der Waals surface area contributed by atoms with Crippen LogP contribution in [0.4, 0.5) is 5.95 Å². The first-order chi connectivity index (χ1) is 18.3. The molecule has 0 radical (unpaired) electrons. The average Bonchev–Trinajstić information content (AvgIpc) is 3.28.